The van der Waals surface area contributed by atoms with Crippen molar-refractivity contribution in [1.82, 2.24) is 15.5 Å². The predicted molar refractivity (Wildman–Crippen MR) is 64.8 cm³/mol. The molecule has 2 rings (SSSR count). The lowest BCUT2D eigenvalue weighted by Gasteiger charge is -2.04. The quantitative estimate of drug-likeness (QED) is 0.765. The van der Waals surface area contributed by atoms with Crippen molar-refractivity contribution in [3.05, 3.63) is 10.0 Å². The molecule has 1 saturated heterocycles. The zero-order chi connectivity index (χ0) is 11.2. The van der Waals surface area contributed by atoms with Gasteiger partial charge in [-0.25, -0.2) is 0 Å². The molecule has 16 heavy (non-hydrogen) atoms. The zero-order valence-corrected chi connectivity index (χ0v) is 10.6. The number of hydrogen-bond acceptors (Lipinski definition) is 5. The lowest BCUT2D eigenvalue weighted by atomic mass is 10.2. The second kappa shape index (κ2) is 6.27. The molecule has 1 unspecified atom stereocenters. The molecule has 1 aliphatic rings. The zero-order valence-electron chi connectivity index (χ0n) is 9.74. The third-order valence-electron chi connectivity index (χ3n) is 2.75. The third kappa shape index (κ3) is 3.50. The van der Waals surface area contributed by atoms with Crippen LogP contribution >= 0.6 is 11.3 Å². The number of nitrogens with one attached hydrogen (secondary N) is 1. The molecule has 0 saturated carbocycles. The van der Waals surface area contributed by atoms with Gasteiger partial charge < -0.3 is 10.1 Å². The molecule has 1 fully saturated rings. The number of aryl methyl sites for hydroxylation is 1. The monoisotopic (exact) mass is 241 g/mol. The van der Waals surface area contributed by atoms with Gasteiger partial charge in [0, 0.05) is 19.4 Å². The molecule has 1 atom stereocenters. The molecular weight excluding hydrogens is 222 g/mol. The normalized spacial score (nSPS) is 20.4. The second-order valence-corrected chi connectivity index (χ2v) is 5.28. The summed E-state index contributed by atoms with van der Waals surface area (Å²) >= 11 is 1.74. The lowest BCUT2D eigenvalue weighted by molar-refractivity contribution is 0.111. The fourth-order valence-corrected chi connectivity index (χ4v) is 2.84. The molecule has 5 heteroatoms. The fourth-order valence-electron chi connectivity index (χ4n) is 1.89. The van der Waals surface area contributed by atoms with Crippen molar-refractivity contribution in [2.24, 2.45) is 0 Å². The van der Waals surface area contributed by atoms with Gasteiger partial charge in [-0.1, -0.05) is 0 Å². The van der Waals surface area contributed by atoms with E-state index in [0.29, 0.717) is 6.10 Å². The number of nitrogens with zero attached hydrogens (tertiary/aromatic N) is 2. The van der Waals surface area contributed by atoms with Gasteiger partial charge in [0.25, 0.3) is 0 Å². The number of hydrogen-bond donors (Lipinski definition) is 1. The van der Waals surface area contributed by atoms with E-state index in [0.717, 1.165) is 42.4 Å². The van der Waals surface area contributed by atoms with Crippen LogP contribution in [0.15, 0.2) is 0 Å². The van der Waals surface area contributed by atoms with Crippen LogP contribution in [0.2, 0.25) is 0 Å². The van der Waals surface area contributed by atoms with Crippen molar-refractivity contribution >= 4 is 11.3 Å². The van der Waals surface area contributed by atoms with Crippen LogP contribution < -0.4 is 5.32 Å². The van der Waals surface area contributed by atoms with Crippen LogP contribution in [0.25, 0.3) is 0 Å². The van der Waals surface area contributed by atoms with Gasteiger partial charge in [-0.3, -0.25) is 0 Å². The number of rotatable bonds is 6. The Morgan fingerprint density at radius 2 is 2.31 bits per heavy atom. The van der Waals surface area contributed by atoms with Gasteiger partial charge in [0.2, 0.25) is 0 Å². The first-order valence-corrected chi connectivity index (χ1v) is 6.77. The van der Waals surface area contributed by atoms with Crippen LogP contribution in [-0.4, -0.2) is 36.5 Å². The molecule has 0 spiro atoms. The van der Waals surface area contributed by atoms with E-state index >= 15 is 0 Å². The summed E-state index contributed by atoms with van der Waals surface area (Å²) in [5.74, 6) is 0. The molecule has 0 aromatic carbocycles. The minimum Gasteiger partial charge on any atom is -0.378 e. The smallest absolute Gasteiger partial charge is 0.120 e. The summed E-state index contributed by atoms with van der Waals surface area (Å²) in [4.78, 5) is 0. The van der Waals surface area contributed by atoms with E-state index in [1.165, 1.54) is 12.8 Å². The standard InChI is InChI=1S/C11H19N3OS/c1-12-6-2-5-10-13-14-11(16-10)8-9-4-3-7-15-9/h9,12H,2-8H2,1H3. The Hall–Kier alpha value is -0.520. The van der Waals surface area contributed by atoms with E-state index in [1.807, 2.05) is 7.05 Å². The fraction of sp³-hybridized carbons (Fsp3) is 0.818. The molecule has 0 bridgehead atoms. The molecule has 0 aliphatic carbocycles. The molecule has 2 heterocycles. The number of aromatic nitrogens is 2. The highest BCUT2D eigenvalue weighted by molar-refractivity contribution is 7.11. The molecule has 1 aliphatic heterocycles. The molecule has 1 N–H and O–H groups in total. The Morgan fingerprint density at radius 3 is 3.06 bits per heavy atom. The van der Waals surface area contributed by atoms with Crippen LogP contribution in [0.4, 0.5) is 0 Å². The molecule has 4 nitrogen and oxygen atoms in total. The summed E-state index contributed by atoms with van der Waals surface area (Å²) in [6.07, 6.45) is 5.87. The largest absolute Gasteiger partial charge is 0.378 e. The van der Waals surface area contributed by atoms with Crippen molar-refractivity contribution in [3.8, 4) is 0 Å². The van der Waals surface area contributed by atoms with Crippen LogP contribution in [0, 0.1) is 0 Å². The van der Waals surface area contributed by atoms with Crippen LogP contribution in [-0.2, 0) is 17.6 Å². The molecule has 1 aromatic heterocycles. The maximum Gasteiger partial charge on any atom is 0.120 e. The second-order valence-electron chi connectivity index (χ2n) is 4.14. The highest BCUT2D eigenvalue weighted by Gasteiger charge is 2.18. The molecule has 90 valence electrons. The van der Waals surface area contributed by atoms with Gasteiger partial charge in [0.15, 0.2) is 0 Å². The Bertz CT molecular complexity index is 310. The van der Waals surface area contributed by atoms with E-state index in [4.69, 9.17) is 4.74 Å². The summed E-state index contributed by atoms with van der Waals surface area (Å²) in [7, 11) is 1.98. The Morgan fingerprint density at radius 1 is 1.44 bits per heavy atom. The average Bonchev–Trinajstić information content (AvgIpc) is 2.91. The highest BCUT2D eigenvalue weighted by atomic mass is 32.1. The average molecular weight is 241 g/mol. The number of ether oxygens (including phenoxy) is 1. The van der Waals surface area contributed by atoms with Gasteiger partial charge in [0.1, 0.15) is 10.0 Å². The SMILES string of the molecule is CNCCCc1nnc(CC2CCCO2)s1. The van der Waals surface area contributed by atoms with Crippen LogP contribution in [0.5, 0.6) is 0 Å². The predicted octanol–water partition coefficient (Wildman–Crippen LogP) is 1.41. The van der Waals surface area contributed by atoms with E-state index in [9.17, 15) is 0 Å². The summed E-state index contributed by atoms with van der Waals surface area (Å²) in [6.45, 7) is 1.96. The van der Waals surface area contributed by atoms with Crippen molar-refractivity contribution in [2.45, 2.75) is 38.2 Å². The molecule has 1 aromatic rings. The summed E-state index contributed by atoms with van der Waals surface area (Å²) in [6, 6.07) is 0. The molecule has 0 amide bonds. The van der Waals surface area contributed by atoms with Crippen molar-refractivity contribution in [3.63, 3.8) is 0 Å². The first-order valence-electron chi connectivity index (χ1n) is 5.96. The summed E-state index contributed by atoms with van der Waals surface area (Å²) in [5.41, 5.74) is 0. The minimum absolute atomic E-state index is 0.387. The third-order valence-corrected chi connectivity index (χ3v) is 3.76. The van der Waals surface area contributed by atoms with E-state index in [1.54, 1.807) is 11.3 Å². The summed E-state index contributed by atoms with van der Waals surface area (Å²) < 4.78 is 5.59. The minimum atomic E-state index is 0.387. The van der Waals surface area contributed by atoms with Gasteiger partial charge in [0.05, 0.1) is 6.10 Å². The van der Waals surface area contributed by atoms with Crippen molar-refractivity contribution in [2.75, 3.05) is 20.2 Å². The van der Waals surface area contributed by atoms with Crippen LogP contribution in [0.3, 0.4) is 0 Å². The van der Waals surface area contributed by atoms with Gasteiger partial charge in [-0.05, 0) is 32.9 Å². The summed E-state index contributed by atoms with van der Waals surface area (Å²) in [5, 5.41) is 13.9. The van der Waals surface area contributed by atoms with E-state index in [2.05, 4.69) is 15.5 Å². The first-order chi connectivity index (χ1) is 7.88. The first kappa shape index (κ1) is 12.0. The lowest BCUT2D eigenvalue weighted by Crippen LogP contribution is -2.08. The Balaban J connectivity index is 1.77. The Kier molecular flexibility index (Phi) is 4.69. The van der Waals surface area contributed by atoms with Gasteiger partial charge in [-0.15, -0.1) is 21.5 Å². The van der Waals surface area contributed by atoms with Gasteiger partial charge in [-0.2, -0.15) is 0 Å². The van der Waals surface area contributed by atoms with Gasteiger partial charge >= 0.3 is 0 Å². The maximum absolute atomic E-state index is 5.59. The Labute approximate surface area is 100 Å². The van der Waals surface area contributed by atoms with Crippen molar-refractivity contribution in [1.29, 1.82) is 0 Å². The maximum atomic E-state index is 5.59. The molecule has 0 radical (unpaired) electrons. The van der Waals surface area contributed by atoms with Crippen LogP contribution in [0.1, 0.15) is 29.3 Å². The topological polar surface area (TPSA) is 47.0 Å². The van der Waals surface area contributed by atoms with E-state index in [-0.39, 0.29) is 0 Å². The highest BCUT2D eigenvalue weighted by Crippen LogP contribution is 2.19. The van der Waals surface area contributed by atoms with E-state index < -0.39 is 0 Å². The molecular formula is C11H19N3OS. The van der Waals surface area contributed by atoms with Crippen molar-refractivity contribution < 1.29 is 4.74 Å².